The van der Waals surface area contributed by atoms with Gasteiger partial charge in [-0.15, -0.1) is 0 Å². The number of ether oxygens (including phenoxy) is 1. The Bertz CT molecular complexity index is 1290. The van der Waals surface area contributed by atoms with E-state index in [1.807, 2.05) is 0 Å². The number of halogens is 8. The van der Waals surface area contributed by atoms with Crippen LogP contribution in [0.5, 0.6) is 5.88 Å². The van der Waals surface area contributed by atoms with Crippen LogP contribution >= 0.6 is 0 Å². The number of H-pyrrole nitrogens is 1. The number of anilines is 2. The van der Waals surface area contributed by atoms with E-state index in [0.29, 0.717) is 0 Å². The number of pyridine rings is 2. The molecule has 0 spiro atoms. The molecule has 3 aromatic heterocycles. The van der Waals surface area contributed by atoms with Gasteiger partial charge < -0.3 is 20.4 Å². The van der Waals surface area contributed by atoms with Gasteiger partial charge in [-0.1, -0.05) is 0 Å². The molecule has 1 saturated carbocycles. The van der Waals surface area contributed by atoms with Crippen LogP contribution in [0.2, 0.25) is 0 Å². The first kappa shape index (κ1) is 27.3. The summed E-state index contributed by atoms with van der Waals surface area (Å²) in [6, 6.07) is 1.29. The Morgan fingerprint density at radius 3 is 2.45 bits per heavy atom. The maximum atomic E-state index is 13.3. The Labute approximate surface area is 209 Å². The molecule has 0 unspecified atom stereocenters. The van der Waals surface area contributed by atoms with Crippen molar-refractivity contribution in [2.24, 2.45) is 5.92 Å². The summed E-state index contributed by atoms with van der Waals surface area (Å²) in [4.78, 5) is 27.2. The van der Waals surface area contributed by atoms with E-state index in [-0.39, 0.29) is 48.4 Å². The quantitative estimate of drug-likeness (QED) is 0.329. The molecule has 38 heavy (non-hydrogen) atoms. The Hall–Kier alpha value is -3.72. The Balaban J connectivity index is 1.58. The SMILES string of the molecule is O=C(N[C@H]1CC[C@H](C(F)(F)F)CC1)c1cc2nc(Nc3cnccc3C(F)(F)F)[nH]c2nc1OCC(F)F. The van der Waals surface area contributed by atoms with Gasteiger partial charge in [0.2, 0.25) is 11.8 Å². The number of fused-ring (bicyclic) bond motifs is 1. The zero-order valence-electron chi connectivity index (χ0n) is 19.3. The lowest BCUT2D eigenvalue weighted by Gasteiger charge is -2.30. The van der Waals surface area contributed by atoms with Crippen molar-refractivity contribution in [3.05, 3.63) is 35.7 Å². The number of carbonyl (C=O) groups excluding carboxylic acids is 1. The highest BCUT2D eigenvalue weighted by molar-refractivity contribution is 5.99. The third kappa shape index (κ3) is 6.39. The van der Waals surface area contributed by atoms with Gasteiger partial charge in [0, 0.05) is 12.2 Å². The van der Waals surface area contributed by atoms with Crippen LogP contribution in [0, 0.1) is 5.92 Å². The molecule has 3 N–H and O–H groups in total. The number of nitrogens with one attached hydrogen (secondary N) is 3. The first-order valence-corrected chi connectivity index (χ1v) is 11.3. The van der Waals surface area contributed by atoms with Crippen molar-refractivity contribution >= 4 is 28.7 Å². The zero-order chi connectivity index (χ0) is 27.7. The highest BCUT2D eigenvalue weighted by atomic mass is 19.4. The van der Waals surface area contributed by atoms with Gasteiger partial charge in [0.25, 0.3) is 12.3 Å². The molecule has 4 rings (SSSR count). The van der Waals surface area contributed by atoms with E-state index >= 15 is 0 Å². The van der Waals surface area contributed by atoms with Crippen LogP contribution in [-0.2, 0) is 6.18 Å². The van der Waals surface area contributed by atoms with Crippen molar-refractivity contribution in [3.8, 4) is 5.88 Å². The van der Waals surface area contributed by atoms with Crippen molar-refractivity contribution in [1.29, 1.82) is 0 Å². The van der Waals surface area contributed by atoms with Crippen molar-refractivity contribution in [2.75, 3.05) is 11.9 Å². The van der Waals surface area contributed by atoms with Crippen molar-refractivity contribution in [1.82, 2.24) is 25.3 Å². The molecule has 1 fully saturated rings. The van der Waals surface area contributed by atoms with E-state index in [1.54, 1.807) is 0 Å². The van der Waals surface area contributed by atoms with Crippen LogP contribution in [0.3, 0.4) is 0 Å². The topological polar surface area (TPSA) is 105 Å². The van der Waals surface area contributed by atoms with Gasteiger partial charge in [0.1, 0.15) is 11.1 Å². The second-order valence-electron chi connectivity index (χ2n) is 8.60. The molecule has 206 valence electrons. The number of alkyl halides is 8. The predicted molar refractivity (Wildman–Crippen MR) is 117 cm³/mol. The molecule has 16 heteroatoms. The van der Waals surface area contributed by atoms with Crippen LogP contribution in [-0.4, -0.2) is 51.1 Å². The lowest BCUT2D eigenvalue weighted by molar-refractivity contribution is -0.182. The van der Waals surface area contributed by atoms with Crippen LogP contribution in [0.25, 0.3) is 11.2 Å². The molecule has 3 heterocycles. The number of aromatic amines is 1. The molecule has 0 aromatic carbocycles. The van der Waals surface area contributed by atoms with E-state index in [1.165, 1.54) is 0 Å². The van der Waals surface area contributed by atoms with Crippen molar-refractivity contribution in [2.45, 2.75) is 50.5 Å². The van der Waals surface area contributed by atoms with Gasteiger partial charge in [0.15, 0.2) is 12.3 Å². The molecular formula is C22H20F8N6O2. The fourth-order valence-electron chi connectivity index (χ4n) is 4.09. The van der Waals surface area contributed by atoms with Gasteiger partial charge in [-0.3, -0.25) is 9.78 Å². The summed E-state index contributed by atoms with van der Waals surface area (Å²) in [6.07, 6.45) is -10.3. The van der Waals surface area contributed by atoms with Gasteiger partial charge in [0.05, 0.1) is 23.4 Å². The minimum absolute atomic E-state index is 0.0136. The molecule has 0 saturated heterocycles. The van der Waals surface area contributed by atoms with Crippen LogP contribution in [0.4, 0.5) is 46.8 Å². The molecular weight excluding hydrogens is 532 g/mol. The number of nitrogens with zero attached hydrogens (tertiary/aromatic N) is 3. The Kier molecular flexibility index (Phi) is 7.60. The number of rotatable bonds is 7. The van der Waals surface area contributed by atoms with Crippen molar-refractivity contribution < 1.29 is 44.7 Å². The molecule has 8 nitrogen and oxygen atoms in total. The van der Waals surface area contributed by atoms with Crippen LogP contribution in [0.1, 0.15) is 41.6 Å². The van der Waals surface area contributed by atoms with Gasteiger partial charge >= 0.3 is 12.4 Å². The third-order valence-corrected chi connectivity index (χ3v) is 5.93. The number of imidazole rings is 1. The van der Waals surface area contributed by atoms with Crippen LogP contribution < -0.4 is 15.4 Å². The minimum atomic E-state index is -4.70. The van der Waals surface area contributed by atoms with Gasteiger partial charge in [-0.05, 0) is 37.8 Å². The van der Waals surface area contributed by atoms with Crippen molar-refractivity contribution in [3.63, 3.8) is 0 Å². The highest BCUT2D eigenvalue weighted by Gasteiger charge is 2.41. The second kappa shape index (κ2) is 10.6. The standard InChI is InChI=1S/C22H20F8N6O2/c23-16(24)9-38-19-12(18(37)32-11-3-1-10(2-4-11)21(25,26)27)7-14-17(35-19)36-20(33-14)34-15-8-31-6-5-13(15)22(28,29)30/h5-8,10-11,16H,1-4,9H2,(H,32,37)(H2,33,34,35,36)/t10-,11-. The highest BCUT2D eigenvalue weighted by Crippen LogP contribution is 2.38. The normalized spacial score (nSPS) is 18.6. The number of carbonyl (C=O) groups is 1. The van der Waals surface area contributed by atoms with Gasteiger partial charge in [-0.25, -0.2) is 13.8 Å². The maximum absolute atomic E-state index is 13.3. The lowest BCUT2D eigenvalue weighted by atomic mass is 9.85. The van der Waals surface area contributed by atoms with E-state index < -0.39 is 60.4 Å². The fourth-order valence-corrected chi connectivity index (χ4v) is 4.09. The summed E-state index contributed by atoms with van der Waals surface area (Å²) < 4.78 is 109. The number of hydrogen-bond acceptors (Lipinski definition) is 6. The second-order valence-corrected chi connectivity index (χ2v) is 8.60. The summed E-state index contributed by atoms with van der Waals surface area (Å²) in [5, 5.41) is 5.00. The van der Waals surface area contributed by atoms with E-state index in [2.05, 4.69) is 30.6 Å². The first-order valence-electron chi connectivity index (χ1n) is 11.3. The average molecular weight is 552 g/mol. The number of amides is 1. The number of hydrogen-bond donors (Lipinski definition) is 3. The van der Waals surface area contributed by atoms with E-state index in [9.17, 15) is 39.9 Å². The molecule has 0 bridgehead atoms. The zero-order valence-corrected chi connectivity index (χ0v) is 19.3. The van der Waals surface area contributed by atoms with Crippen LogP contribution in [0.15, 0.2) is 24.5 Å². The molecule has 0 radical (unpaired) electrons. The largest absolute Gasteiger partial charge is 0.471 e. The maximum Gasteiger partial charge on any atom is 0.418 e. The summed E-state index contributed by atoms with van der Waals surface area (Å²) >= 11 is 0. The molecule has 1 amide bonds. The summed E-state index contributed by atoms with van der Waals surface area (Å²) in [5.74, 6) is -3.02. The lowest BCUT2D eigenvalue weighted by Crippen LogP contribution is -2.40. The molecule has 1 aliphatic carbocycles. The summed E-state index contributed by atoms with van der Waals surface area (Å²) in [7, 11) is 0. The molecule has 1 aliphatic rings. The van der Waals surface area contributed by atoms with E-state index in [4.69, 9.17) is 4.74 Å². The first-order chi connectivity index (χ1) is 17.8. The smallest absolute Gasteiger partial charge is 0.418 e. The predicted octanol–water partition coefficient (Wildman–Crippen LogP) is 5.61. The molecule has 0 aliphatic heterocycles. The monoisotopic (exact) mass is 552 g/mol. The summed E-state index contributed by atoms with van der Waals surface area (Å²) in [6.45, 7) is -1.11. The van der Waals surface area contributed by atoms with Gasteiger partial charge in [-0.2, -0.15) is 31.3 Å². The Morgan fingerprint density at radius 1 is 1.11 bits per heavy atom. The molecule has 3 aromatic rings. The average Bonchev–Trinajstić information content (AvgIpc) is 3.22. The van der Waals surface area contributed by atoms with E-state index in [0.717, 1.165) is 24.5 Å². The Morgan fingerprint density at radius 2 is 1.82 bits per heavy atom. The fraction of sp³-hybridized carbons (Fsp3) is 0.455. The minimum Gasteiger partial charge on any atom is -0.471 e. The summed E-state index contributed by atoms with van der Waals surface area (Å²) in [5.41, 5.74) is -1.87. The molecule has 0 atom stereocenters. The third-order valence-electron chi connectivity index (χ3n) is 5.93. The number of aromatic nitrogens is 4.